The number of rotatable bonds is 6. The van der Waals surface area contributed by atoms with E-state index in [1.807, 2.05) is 85.5 Å². The van der Waals surface area contributed by atoms with Crippen molar-refractivity contribution >= 4 is 5.91 Å². The number of nitrogens with zero attached hydrogens (tertiary/aromatic N) is 2. The van der Waals surface area contributed by atoms with Gasteiger partial charge in [-0.05, 0) is 24.5 Å². The minimum atomic E-state index is 0.0104. The van der Waals surface area contributed by atoms with Gasteiger partial charge in [0.15, 0.2) is 0 Å². The largest absolute Gasteiger partial charge is 0.350 e. The molecule has 1 atom stereocenters. The second-order valence-corrected chi connectivity index (χ2v) is 6.24. The Morgan fingerprint density at radius 2 is 1.72 bits per heavy atom. The molecule has 1 amide bonds. The molecule has 2 aromatic carbocycles. The molecule has 3 aromatic rings. The summed E-state index contributed by atoms with van der Waals surface area (Å²) in [6.07, 6.45) is 3.12. The number of aromatic nitrogens is 2. The van der Waals surface area contributed by atoms with Crippen LogP contribution in [0.4, 0.5) is 0 Å². The maximum Gasteiger partial charge on any atom is 0.220 e. The number of aryl methyl sites for hydroxylation is 2. The Morgan fingerprint density at radius 3 is 2.40 bits per heavy atom. The topological polar surface area (TPSA) is 46.9 Å². The molecule has 0 aliphatic rings. The highest BCUT2D eigenvalue weighted by molar-refractivity contribution is 5.77. The van der Waals surface area contributed by atoms with E-state index in [-0.39, 0.29) is 11.9 Å². The van der Waals surface area contributed by atoms with Crippen LogP contribution in [-0.4, -0.2) is 15.7 Å². The van der Waals surface area contributed by atoms with Gasteiger partial charge in [0.2, 0.25) is 5.91 Å². The quantitative estimate of drug-likeness (QED) is 0.744. The summed E-state index contributed by atoms with van der Waals surface area (Å²) in [7, 11) is 1.91. The third-order valence-corrected chi connectivity index (χ3v) is 4.25. The van der Waals surface area contributed by atoms with E-state index in [9.17, 15) is 4.79 Å². The SMILES string of the molecule is C[C@H](NC(=O)CCc1cn(C)nc1-c1ccccc1)c1ccccc1. The highest BCUT2D eigenvalue weighted by atomic mass is 16.1. The Balaban J connectivity index is 1.63. The molecule has 0 fully saturated rings. The first-order valence-corrected chi connectivity index (χ1v) is 8.55. The minimum Gasteiger partial charge on any atom is -0.350 e. The van der Waals surface area contributed by atoms with Crippen molar-refractivity contribution < 1.29 is 4.79 Å². The number of amides is 1. The Bertz CT molecular complexity index is 825. The number of carbonyl (C=O) groups excluding carboxylic acids is 1. The van der Waals surface area contributed by atoms with Gasteiger partial charge in [-0.25, -0.2) is 0 Å². The molecule has 4 heteroatoms. The summed E-state index contributed by atoms with van der Waals surface area (Å²) in [6.45, 7) is 2.01. The van der Waals surface area contributed by atoms with Crippen LogP contribution in [-0.2, 0) is 18.3 Å². The molecule has 1 N–H and O–H groups in total. The van der Waals surface area contributed by atoms with Gasteiger partial charge in [0.25, 0.3) is 0 Å². The van der Waals surface area contributed by atoms with Crippen molar-refractivity contribution in [2.75, 3.05) is 0 Å². The zero-order valence-corrected chi connectivity index (χ0v) is 14.6. The summed E-state index contributed by atoms with van der Waals surface area (Å²) in [5, 5.41) is 7.62. The smallest absolute Gasteiger partial charge is 0.220 e. The molecule has 0 saturated heterocycles. The lowest BCUT2D eigenvalue weighted by Crippen LogP contribution is -2.26. The van der Waals surface area contributed by atoms with Crippen LogP contribution in [0.2, 0.25) is 0 Å². The Kier molecular flexibility index (Phi) is 5.29. The van der Waals surface area contributed by atoms with Gasteiger partial charge in [-0.15, -0.1) is 0 Å². The predicted molar refractivity (Wildman–Crippen MR) is 100.0 cm³/mol. The monoisotopic (exact) mass is 333 g/mol. The van der Waals surface area contributed by atoms with E-state index in [2.05, 4.69) is 10.4 Å². The molecule has 3 rings (SSSR count). The summed E-state index contributed by atoms with van der Waals surface area (Å²) in [4.78, 5) is 12.3. The van der Waals surface area contributed by atoms with Gasteiger partial charge < -0.3 is 5.32 Å². The molecule has 0 spiro atoms. The van der Waals surface area contributed by atoms with Gasteiger partial charge in [-0.3, -0.25) is 9.48 Å². The molecular weight excluding hydrogens is 310 g/mol. The molecule has 0 bridgehead atoms. The molecule has 0 unspecified atom stereocenters. The first-order valence-electron chi connectivity index (χ1n) is 8.55. The van der Waals surface area contributed by atoms with Crippen molar-refractivity contribution in [3.63, 3.8) is 0 Å². The normalized spacial score (nSPS) is 11.9. The predicted octanol–water partition coefficient (Wildman–Crippen LogP) is 3.90. The maximum absolute atomic E-state index is 12.3. The van der Waals surface area contributed by atoms with Crippen LogP contribution < -0.4 is 5.32 Å². The maximum atomic E-state index is 12.3. The van der Waals surface area contributed by atoms with E-state index in [4.69, 9.17) is 0 Å². The Labute approximate surface area is 148 Å². The van der Waals surface area contributed by atoms with E-state index in [1.54, 1.807) is 0 Å². The highest BCUT2D eigenvalue weighted by Gasteiger charge is 2.13. The van der Waals surface area contributed by atoms with Crippen LogP contribution in [0, 0.1) is 0 Å². The van der Waals surface area contributed by atoms with Crippen molar-refractivity contribution in [2.24, 2.45) is 7.05 Å². The van der Waals surface area contributed by atoms with Crippen LogP contribution in [0.5, 0.6) is 0 Å². The summed E-state index contributed by atoms with van der Waals surface area (Å²) >= 11 is 0. The van der Waals surface area contributed by atoms with Crippen LogP contribution >= 0.6 is 0 Å². The van der Waals surface area contributed by atoms with E-state index >= 15 is 0 Å². The fourth-order valence-corrected chi connectivity index (χ4v) is 2.95. The summed E-state index contributed by atoms with van der Waals surface area (Å²) in [6, 6.07) is 20.1. The van der Waals surface area contributed by atoms with Crippen LogP contribution in [0.3, 0.4) is 0 Å². The molecule has 0 aliphatic carbocycles. The third kappa shape index (κ3) is 4.35. The summed E-state index contributed by atoms with van der Waals surface area (Å²) in [5.41, 5.74) is 4.24. The Morgan fingerprint density at radius 1 is 1.08 bits per heavy atom. The molecule has 4 nitrogen and oxygen atoms in total. The van der Waals surface area contributed by atoms with Crippen molar-refractivity contribution in [2.45, 2.75) is 25.8 Å². The minimum absolute atomic E-state index is 0.0104. The first kappa shape index (κ1) is 17.0. The molecule has 25 heavy (non-hydrogen) atoms. The van der Waals surface area contributed by atoms with Crippen molar-refractivity contribution in [1.29, 1.82) is 0 Å². The zero-order chi connectivity index (χ0) is 17.6. The van der Waals surface area contributed by atoms with Gasteiger partial charge in [-0.2, -0.15) is 5.10 Å². The van der Waals surface area contributed by atoms with E-state index < -0.39 is 0 Å². The standard InChI is InChI=1S/C21H23N3O/c1-16(17-9-5-3-6-10-17)22-20(25)14-13-19-15-24(2)23-21(19)18-11-7-4-8-12-18/h3-12,15-16H,13-14H2,1-2H3,(H,22,25)/t16-/m0/s1. The fraction of sp³-hybridized carbons (Fsp3) is 0.238. The average molecular weight is 333 g/mol. The molecule has 1 heterocycles. The molecule has 0 aliphatic heterocycles. The first-order chi connectivity index (χ1) is 12.1. The van der Waals surface area contributed by atoms with E-state index in [0.29, 0.717) is 12.8 Å². The van der Waals surface area contributed by atoms with Crippen LogP contribution in [0.25, 0.3) is 11.3 Å². The molecule has 0 radical (unpaired) electrons. The van der Waals surface area contributed by atoms with Gasteiger partial charge in [-0.1, -0.05) is 60.7 Å². The zero-order valence-electron chi connectivity index (χ0n) is 14.6. The van der Waals surface area contributed by atoms with Gasteiger partial charge in [0.05, 0.1) is 11.7 Å². The second kappa shape index (κ2) is 7.79. The van der Waals surface area contributed by atoms with E-state index in [1.165, 1.54) is 0 Å². The van der Waals surface area contributed by atoms with Gasteiger partial charge in [0, 0.05) is 25.2 Å². The fourth-order valence-electron chi connectivity index (χ4n) is 2.95. The molecule has 0 saturated carbocycles. The number of hydrogen-bond donors (Lipinski definition) is 1. The van der Waals surface area contributed by atoms with Crippen LogP contribution in [0.15, 0.2) is 66.9 Å². The van der Waals surface area contributed by atoms with Crippen LogP contribution in [0.1, 0.15) is 30.5 Å². The Hall–Kier alpha value is -2.88. The number of carbonyl (C=O) groups is 1. The molecule has 1 aromatic heterocycles. The molecular formula is C21H23N3O. The summed E-state index contributed by atoms with van der Waals surface area (Å²) < 4.78 is 1.81. The summed E-state index contributed by atoms with van der Waals surface area (Å²) in [5.74, 6) is 0.0548. The van der Waals surface area contributed by atoms with Crippen molar-refractivity contribution in [3.05, 3.63) is 78.0 Å². The van der Waals surface area contributed by atoms with Crippen molar-refractivity contribution in [3.8, 4) is 11.3 Å². The van der Waals surface area contributed by atoms with E-state index in [0.717, 1.165) is 22.4 Å². The third-order valence-electron chi connectivity index (χ3n) is 4.25. The van der Waals surface area contributed by atoms with Gasteiger partial charge in [0.1, 0.15) is 0 Å². The number of hydrogen-bond acceptors (Lipinski definition) is 2. The lowest BCUT2D eigenvalue weighted by atomic mass is 10.0. The molecule has 128 valence electrons. The lowest BCUT2D eigenvalue weighted by molar-refractivity contribution is -0.121. The second-order valence-electron chi connectivity index (χ2n) is 6.24. The van der Waals surface area contributed by atoms with Crippen molar-refractivity contribution in [1.82, 2.24) is 15.1 Å². The number of nitrogens with one attached hydrogen (secondary N) is 1. The number of benzene rings is 2. The van der Waals surface area contributed by atoms with Gasteiger partial charge >= 0.3 is 0 Å². The lowest BCUT2D eigenvalue weighted by Gasteiger charge is -2.14. The average Bonchev–Trinajstić information content (AvgIpc) is 3.02. The highest BCUT2D eigenvalue weighted by Crippen LogP contribution is 2.22.